The van der Waals surface area contributed by atoms with Crippen molar-refractivity contribution < 1.29 is 54.8 Å². The highest BCUT2D eigenvalue weighted by Gasteiger charge is 2.47. The van der Waals surface area contributed by atoms with Gasteiger partial charge in [-0.2, -0.15) is 0 Å². The quantitative estimate of drug-likeness (QED) is 0.126. The van der Waals surface area contributed by atoms with E-state index in [4.69, 9.17) is 19.3 Å². The van der Waals surface area contributed by atoms with Crippen molar-refractivity contribution in [3.05, 3.63) is 0 Å². The number of carbonyl (C=O) groups excluding carboxylic acids is 1. The molecule has 2 heterocycles. The van der Waals surface area contributed by atoms with Crippen LogP contribution in [0.2, 0.25) is 0 Å². The Balaban J connectivity index is 1.99. The maximum Gasteiger partial charge on any atom is 0.231 e. The molecule has 1 amide bonds. The summed E-state index contributed by atoms with van der Waals surface area (Å²) in [6.07, 6.45) is -14.8. The van der Waals surface area contributed by atoms with E-state index in [2.05, 4.69) is 5.32 Å². The standard InChI is InChI=1S/C14H24INO11/c15-1-6(18)16-13-11(23)9(21)8(20)5(26-13)3-25-14-12(24)10(22)7(19)4(2-17)27-14/h4-5,7-14,17,19-24H,1-3H2,(H,16,18)/t4?,5?,7-,8-,9-,10-,11?,12?,13+,14+/m0/s1. The van der Waals surface area contributed by atoms with Crippen LogP contribution in [0.25, 0.3) is 0 Å². The summed E-state index contributed by atoms with van der Waals surface area (Å²) in [5.41, 5.74) is 0. The third-order valence-corrected chi connectivity index (χ3v) is 5.10. The zero-order valence-corrected chi connectivity index (χ0v) is 16.2. The van der Waals surface area contributed by atoms with Crippen LogP contribution in [-0.4, -0.2) is 121 Å². The van der Waals surface area contributed by atoms with Crippen molar-refractivity contribution in [1.29, 1.82) is 0 Å². The van der Waals surface area contributed by atoms with Crippen LogP contribution in [-0.2, 0) is 19.0 Å². The molecular formula is C14H24INO11. The first-order valence-electron chi connectivity index (χ1n) is 8.18. The van der Waals surface area contributed by atoms with Crippen molar-refractivity contribution in [2.24, 2.45) is 0 Å². The average molecular weight is 509 g/mol. The van der Waals surface area contributed by atoms with Gasteiger partial charge in [-0.3, -0.25) is 4.79 Å². The van der Waals surface area contributed by atoms with Crippen molar-refractivity contribution in [3.8, 4) is 0 Å². The molecule has 2 aliphatic rings. The van der Waals surface area contributed by atoms with Gasteiger partial charge in [0.05, 0.1) is 17.6 Å². The number of ether oxygens (including phenoxy) is 3. The van der Waals surface area contributed by atoms with Gasteiger partial charge in [-0.05, 0) is 0 Å². The summed E-state index contributed by atoms with van der Waals surface area (Å²) in [5, 5.41) is 70.8. The van der Waals surface area contributed by atoms with Gasteiger partial charge in [0.25, 0.3) is 0 Å². The smallest absolute Gasteiger partial charge is 0.231 e. The Morgan fingerprint density at radius 3 is 2.07 bits per heavy atom. The number of carbonyl (C=O) groups is 1. The molecule has 2 saturated heterocycles. The number of rotatable bonds is 6. The van der Waals surface area contributed by atoms with Crippen LogP contribution in [0.4, 0.5) is 0 Å². The highest BCUT2D eigenvalue weighted by molar-refractivity contribution is 14.1. The first kappa shape index (κ1) is 23.1. The van der Waals surface area contributed by atoms with E-state index in [-0.39, 0.29) is 4.43 Å². The second-order valence-corrected chi connectivity index (χ2v) is 7.06. The van der Waals surface area contributed by atoms with Gasteiger partial charge in [0.2, 0.25) is 5.91 Å². The molecule has 0 bridgehead atoms. The average Bonchev–Trinajstić information content (AvgIpc) is 2.66. The molecule has 0 aliphatic carbocycles. The topological polar surface area (TPSA) is 198 Å². The van der Waals surface area contributed by atoms with E-state index < -0.39 is 80.5 Å². The number of alkyl halides is 1. The molecule has 0 aromatic heterocycles. The number of halogens is 1. The number of amides is 1. The van der Waals surface area contributed by atoms with E-state index in [0.717, 1.165) is 0 Å². The lowest BCUT2D eigenvalue weighted by Crippen LogP contribution is -2.64. The van der Waals surface area contributed by atoms with Crippen LogP contribution in [0.15, 0.2) is 0 Å². The molecular weight excluding hydrogens is 485 g/mol. The number of aliphatic hydroxyl groups excluding tert-OH is 7. The highest BCUT2D eigenvalue weighted by atomic mass is 127. The molecule has 2 rings (SSSR count). The SMILES string of the molecule is O=C(CI)N[C@@H]1OC(CO[C@@H]2OC(CO)[C@H](O)[C@H](O)C2O)[C@H](O)[C@H](O)C1O. The minimum Gasteiger partial charge on any atom is -0.394 e. The Hall–Kier alpha value is -0.200. The second kappa shape index (κ2) is 10.0. The zero-order valence-electron chi connectivity index (χ0n) is 14.0. The molecule has 27 heavy (non-hydrogen) atoms. The molecule has 4 unspecified atom stereocenters. The lowest BCUT2D eigenvalue weighted by Gasteiger charge is -2.42. The normalized spacial score (nSPS) is 45.5. The van der Waals surface area contributed by atoms with Crippen molar-refractivity contribution in [2.45, 2.75) is 61.3 Å². The minimum atomic E-state index is -1.64. The van der Waals surface area contributed by atoms with Gasteiger partial charge in [-0.15, -0.1) is 0 Å². The summed E-state index contributed by atoms with van der Waals surface area (Å²) in [6.45, 7) is -1.09. The van der Waals surface area contributed by atoms with Crippen molar-refractivity contribution in [2.75, 3.05) is 17.6 Å². The van der Waals surface area contributed by atoms with Crippen LogP contribution in [0.3, 0.4) is 0 Å². The molecule has 0 spiro atoms. The van der Waals surface area contributed by atoms with Gasteiger partial charge >= 0.3 is 0 Å². The van der Waals surface area contributed by atoms with Gasteiger partial charge in [0, 0.05) is 0 Å². The number of hydrogen-bond donors (Lipinski definition) is 8. The molecule has 0 aromatic rings. The first-order chi connectivity index (χ1) is 12.7. The molecule has 8 N–H and O–H groups in total. The number of nitrogens with one attached hydrogen (secondary N) is 1. The third-order valence-electron chi connectivity index (χ3n) is 4.41. The molecule has 0 saturated carbocycles. The molecule has 158 valence electrons. The largest absolute Gasteiger partial charge is 0.394 e. The molecule has 2 fully saturated rings. The van der Waals surface area contributed by atoms with E-state index in [9.17, 15) is 35.4 Å². The van der Waals surface area contributed by atoms with Crippen molar-refractivity contribution >= 4 is 28.5 Å². The Morgan fingerprint density at radius 2 is 1.48 bits per heavy atom. The van der Waals surface area contributed by atoms with Crippen LogP contribution in [0, 0.1) is 0 Å². The summed E-state index contributed by atoms with van der Waals surface area (Å²) in [7, 11) is 0. The maximum absolute atomic E-state index is 11.5. The summed E-state index contributed by atoms with van der Waals surface area (Å²) in [6, 6.07) is 0. The minimum absolute atomic E-state index is 0.0784. The van der Waals surface area contributed by atoms with Gasteiger partial charge in [-0.1, -0.05) is 22.6 Å². The van der Waals surface area contributed by atoms with Gasteiger partial charge in [0.15, 0.2) is 12.5 Å². The van der Waals surface area contributed by atoms with Crippen LogP contribution >= 0.6 is 22.6 Å². The lowest BCUT2D eigenvalue weighted by atomic mass is 9.98. The number of hydrogen-bond acceptors (Lipinski definition) is 11. The lowest BCUT2D eigenvalue weighted by molar-refractivity contribution is -0.314. The first-order valence-corrected chi connectivity index (χ1v) is 9.70. The van der Waals surface area contributed by atoms with Gasteiger partial charge in [0.1, 0.15) is 48.8 Å². The fourth-order valence-electron chi connectivity index (χ4n) is 2.80. The zero-order chi connectivity index (χ0) is 20.3. The summed E-state index contributed by atoms with van der Waals surface area (Å²) in [5.74, 6) is -0.461. The van der Waals surface area contributed by atoms with Crippen molar-refractivity contribution in [1.82, 2.24) is 5.32 Å². The van der Waals surface area contributed by atoms with Crippen LogP contribution < -0.4 is 5.32 Å². The summed E-state index contributed by atoms with van der Waals surface area (Å²) >= 11 is 1.79. The monoisotopic (exact) mass is 509 g/mol. The van der Waals surface area contributed by atoms with Crippen LogP contribution in [0.1, 0.15) is 0 Å². The van der Waals surface area contributed by atoms with Gasteiger partial charge < -0.3 is 55.3 Å². The molecule has 2 aliphatic heterocycles. The second-order valence-electron chi connectivity index (χ2n) is 6.30. The highest BCUT2D eigenvalue weighted by Crippen LogP contribution is 2.25. The Bertz CT molecular complexity index is 498. The van der Waals surface area contributed by atoms with Crippen molar-refractivity contribution in [3.63, 3.8) is 0 Å². The van der Waals surface area contributed by atoms with E-state index in [1.807, 2.05) is 0 Å². The Morgan fingerprint density at radius 1 is 0.889 bits per heavy atom. The molecule has 13 heteroatoms. The Kier molecular flexibility index (Phi) is 8.56. The maximum atomic E-state index is 11.5. The third kappa shape index (κ3) is 5.24. The fourth-order valence-corrected chi connectivity index (χ4v) is 3.02. The molecule has 10 atom stereocenters. The predicted molar refractivity (Wildman–Crippen MR) is 93.4 cm³/mol. The number of aliphatic hydroxyl groups is 7. The molecule has 0 aromatic carbocycles. The van der Waals surface area contributed by atoms with E-state index in [0.29, 0.717) is 0 Å². The van der Waals surface area contributed by atoms with E-state index >= 15 is 0 Å². The predicted octanol–water partition coefficient (Wildman–Crippen LogP) is -4.84. The summed E-state index contributed by atoms with van der Waals surface area (Å²) < 4.78 is 15.9. The Labute approximate surface area is 167 Å². The summed E-state index contributed by atoms with van der Waals surface area (Å²) in [4.78, 5) is 11.5. The van der Waals surface area contributed by atoms with Gasteiger partial charge in [-0.25, -0.2) is 0 Å². The van der Waals surface area contributed by atoms with Crippen LogP contribution in [0.5, 0.6) is 0 Å². The van der Waals surface area contributed by atoms with E-state index in [1.54, 1.807) is 22.6 Å². The fraction of sp³-hybridized carbons (Fsp3) is 0.929. The van der Waals surface area contributed by atoms with E-state index in [1.165, 1.54) is 0 Å². The molecule has 12 nitrogen and oxygen atoms in total. The molecule has 0 radical (unpaired) electrons.